The van der Waals surface area contributed by atoms with Crippen molar-refractivity contribution in [1.82, 2.24) is 10.9 Å². The number of carbonyl (C=O) groups excluding carboxylic acids is 2. The average Bonchev–Trinajstić information content (AvgIpc) is 3.34. The second-order valence-electron chi connectivity index (χ2n) is 5.86. The minimum absolute atomic E-state index is 0.101. The van der Waals surface area contributed by atoms with E-state index in [2.05, 4.69) is 16.0 Å². The number of nitrogens with one attached hydrogen (secondary N) is 2. The lowest BCUT2D eigenvalue weighted by Crippen LogP contribution is -2.46. The van der Waals surface area contributed by atoms with Crippen molar-refractivity contribution >= 4 is 17.5 Å². The van der Waals surface area contributed by atoms with Crippen LogP contribution >= 0.6 is 0 Å². The van der Waals surface area contributed by atoms with Crippen LogP contribution < -0.4 is 20.3 Å². The van der Waals surface area contributed by atoms with Crippen LogP contribution in [0.3, 0.4) is 0 Å². The first kappa shape index (κ1) is 16.8. The molecule has 1 unspecified atom stereocenters. The van der Waals surface area contributed by atoms with Crippen molar-refractivity contribution in [3.63, 3.8) is 0 Å². The molecule has 2 N–H and O–H groups in total. The molecule has 2 amide bonds. The molecule has 8 nitrogen and oxygen atoms in total. The van der Waals surface area contributed by atoms with Crippen LogP contribution in [0, 0.1) is 5.82 Å². The van der Waals surface area contributed by atoms with Gasteiger partial charge in [-0.2, -0.15) is 0 Å². The summed E-state index contributed by atoms with van der Waals surface area (Å²) in [4.78, 5) is 29.4. The molecule has 0 radical (unpaired) electrons. The van der Waals surface area contributed by atoms with E-state index in [-0.39, 0.29) is 13.2 Å². The van der Waals surface area contributed by atoms with Crippen LogP contribution in [0.1, 0.15) is 22.3 Å². The predicted molar refractivity (Wildman–Crippen MR) is 90.6 cm³/mol. The fourth-order valence-corrected chi connectivity index (χ4v) is 2.67. The number of hydrazine groups is 1. The van der Waals surface area contributed by atoms with Crippen LogP contribution in [-0.2, 0) is 9.63 Å². The van der Waals surface area contributed by atoms with Crippen molar-refractivity contribution in [3.05, 3.63) is 59.4 Å². The molecule has 2 aliphatic rings. The molecule has 2 aromatic rings. The van der Waals surface area contributed by atoms with Gasteiger partial charge in [-0.25, -0.2) is 4.39 Å². The highest BCUT2D eigenvalue weighted by atomic mass is 19.1. The molecule has 27 heavy (non-hydrogen) atoms. The Hall–Kier alpha value is -3.62. The van der Waals surface area contributed by atoms with Crippen LogP contribution in [0.25, 0.3) is 0 Å². The van der Waals surface area contributed by atoms with E-state index in [1.54, 1.807) is 24.3 Å². The summed E-state index contributed by atoms with van der Waals surface area (Å²) < 4.78 is 23.7. The Morgan fingerprint density at radius 1 is 1.07 bits per heavy atom. The summed E-state index contributed by atoms with van der Waals surface area (Å²) in [6.07, 6.45) is -0.754. The van der Waals surface area contributed by atoms with Crippen LogP contribution in [0.4, 0.5) is 4.39 Å². The third kappa shape index (κ3) is 3.52. The Kier molecular flexibility index (Phi) is 4.33. The van der Waals surface area contributed by atoms with Gasteiger partial charge in [0, 0.05) is 17.5 Å². The van der Waals surface area contributed by atoms with Gasteiger partial charge in [-0.1, -0.05) is 17.3 Å². The first-order chi connectivity index (χ1) is 13.1. The molecule has 0 aliphatic carbocycles. The average molecular weight is 371 g/mol. The maximum atomic E-state index is 13.3. The van der Waals surface area contributed by atoms with Crippen molar-refractivity contribution in [2.75, 3.05) is 6.79 Å². The normalized spacial score (nSPS) is 17.1. The van der Waals surface area contributed by atoms with Gasteiger partial charge in [-0.15, -0.1) is 0 Å². The zero-order valence-corrected chi connectivity index (χ0v) is 13.9. The highest BCUT2D eigenvalue weighted by Crippen LogP contribution is 2.32. The van der Waals surface area contributed by atoms with Gasteiger partial charge < -0.3 is 14.3 Å². The van der Waals surface area contributed by atoms with Gasteiger partial charge in [0.2, 0.25) is 12.9 Å². The molecule has 1 atom stereocenters. The second kappa shape index (κ2) is 6.94. The molecule has 0 spiro atoms. The summed E-state index contributed by atoms with van der Waals surface area (Å²) in [5, 5.41) is 3.82. The van der Waals surface area contributed by atoms with Gasteiger partial charge in [0.25, 0.3) is 11.8 Å². The van der Waals surface area contributed by atoms with Crippen LogP contribution in [0.15, 0.2) is 47.6 Å². The van der Waals surface area contributed by atoms with Gasteiger partial charge in [0.1, 0.15) is 5.82 Å². The van der Waals surface area contributed by atoms with E-state index >= 15 is 0 Å². The highest BCUT2D eigenvalue weighted by Gasteiger charge is 2.29. The number of oxime groups is 1. The number of benzene rings is 2. The molecule has 2 aromatic carbocycles. The fraction of sp³-hybridized carbons (Fsp3) is 0.167. The Morgan fingerprint density at radius 2 is 1.93 bits per heavy atom. The number of ether oxygens (including phenoxy) is 2. The Bertz CT molecular complexity index is 946. The second-order valence-corrected chi connectivity index (χ2v) is 5.86. The minimum atomic E-state index is -0.916. The Labute approximate surface area is 152 Å². The summed E-state index contributed by atoms with van der Waals surface area (Å²) in [6, 6.07) is 10.5. The monoisotopic (exact) mass is 371 g/mol. The summed E-state index contributed by atoms with van der Waals surface area (Å²) >= 11 is 0. The predicted octanol–water partition coefficient (Wildman–Crippen LogP) is 1.51. The summed E-state index contributed by atoms with van der Waals surface area (Å²) in [5.41, 5.74) is 5.88. The third-order valence-corrected chi connectivity index (χ3v) is 4.05. The molecular weight excluding hydrogens is 357 g/mol. The quantitative estimate of drug-likeness (QED) is 0.797. The van der Waals surface area contributed by atoms with E-state index in [0.717, 1.165) is 0 Å². The van der Waals surface area contributed by atoms with Crippen molar-refractivity contribution in [1.29, 1.82) is 0 Å². The maximum Gasteiger partial charge on any atom is 0.282 e. The van der Waals surface area contributed by atoms with Crippen molar-refractivity contribution in [2.24, 2.45) is 5.16 Å². The number of amides is 2. The first-order valence-corrected chi connectivity index (χ1v) is 8.08. The van der Waals surface area contributed by atoms with E-state index in [4.69, 9.17) is 14.3 Å². The lowest BCUT2D eigenvalue weighted by molar-refractivity contribution is -0.131. The van der Waals surface area contributed by atoms with E-state index in [1.807, 2.05) is 0 Å². The molecule has 9 heteroatoms. The molecule has 0 fully saturated rings. The molecule has 2 aliphatic heterocycles. The number of rotatable bonds is 3. The highest BCUT2D eigenvalue weighted by molar-refractivity contribution is 6.04. The topological polar surface area (TPSA) is 98.3 Å². The lowest BCUT2D eigenvalue weighted by Gasteiger charge is -2.11. The number of nitrogens with zero attached hydrogens (tertiary/aromatic N) is 1. The van der Waals surface area contributed by atoms with E-state index < -0.39 is 23.7 Å². The minimum Gasteiger partial charge on any atom is -0.454 e. The van der Waals surface area contributed by atoms with Crippen LogP contribution in [-0.4, -0.2) is 30.4 Å². The molecule has 138 valence electrons. The van der Waals surface area contributed by atoms with E-state index in [0.29, 0.717) is 28.3 Å². The molecule has 0 saturated heterocycles. The first-order valence-electron chi connectivity index (χ1n) is 8.08. The summed E-state index contributed by atoms with van der Waals surface area (Å²) in [5.74, 6) is -0.484. The molecule has 4 rings (SSSR count). The number of hydrogen-bond donors (Lipinski definition) is 2. The largest absolute Gasteiger partial charge is 0.454 e. The van der Waals surface area contributed by atoms with E-state index in [9.17, 15) is 14.0 Å². The molecule has 2 heterocycles. The zero-order valence-electron chi connectivity index (χ0n) is 13.9. The molecule has 0 saturated carbocycles. The number of halogens is 1. The van der Waals surface area contributed by atoms with Gasteiger partial charge in [-0.3, -0.25) is 20.4 Å². The van der Waals surface area contributed by atoms with Crippen LogP contribution in [0.2, 0.25) is 0 Å². The number of hydrogen-bond acceptors (Lipinski definition) is 6. The molecule has 0 aromatic heterocycles. The Morgan fingerprint density at radius 3 is 2.78 bits per heavy atom. The standard InChI is InChI=1S/C18H14FN3O5/c19-12-3-1-2-10(6-12)13-8-16(27-22-13)18(24)21-20-17(23)11-4-5-14-15(7-11)26-9-25-14/h1-7,16H,8-9H2,(H,20,23)(H,21,24). The van der Waals surface area contributed by atoms with Gasteiger partial charge in [0.15, 0.2) is 11.5 Å². The molecular formula is C18H14FN3O5. The third-order valence-electron chi connectivity index (χ3n) is 4.05. The maximum absolute atomic E-state index is 13.3. The Balaban J connectivity index is 1.32. The number of fused-ring (bicyclic) bond motifs is 1. The summed E-state index contributed by atoms with van der Waals surface area (Å²) in [7, 11) is 0. The van der Waals surface area contributed by atoms with Crippen molar-refractivity contribution < 1.29 is 28.3 Å². The van der Waals surface area contributed by atoms with E-state index in [1.165, 1.54) is 18.2 Å². The lowest BCUT2D eigenvalue weighted by atomic mass is 10.0. The SMILES string of the molecule is O=C(NNC(=O)C1CC(c2cccc(F)c2)=NO1)c1ccc2c(c1)OCO2. The van der Waals surface area contributed by atoms with Gasteiger partial charge in [0.05, 0.1) is 5.71 Å². The smallest absolute Gasteiger partial charge is 0.282 e. The van der Waals surface area contributed by atoms with Crippen LogP contribution in [0.5, 0.6) is 11.5 Å². The number of carbonyl (C=O) groups is 2. The van der Waals surface area contributed by atoms with Gasteiger partial charge >= 0.3 is 0 Å². The van der Waals surface area contributed by atoms with Crippen molar-refractivity contribution in [3.8, 4) is 11.5 Å². The zero-order chi connectivity index (χ0) is 18.8. The van der Waals surface area contributed by atoms with Crippen molar-refractivity contribution in [2.45, 2.75) is 12.5 Å². The fourth-order valence-electron chi connectivity index (χ4n) is 2.67. The summed E-state index contributed by atoms with van der Waals surface area (Å²) in [6.45, 7) is 0.101. The molecule has 0 bridgehead atoms. The van der Waals surface area contributed by atoms with Gasteiger partial charge in [-0.05, 0) is 30.3 Å².